The molecule has 0 atom stereocenters. The van der Waals surface area contributed by atoms with Gasteiger partial charge in [0.1, 0.15) is 5.82 Å². The minimum absolute atomic E-state index is 0.136. The number of benzene rings is 1. The molecule has 0 amide bonds. The summed E-state index contributed by atoms with van der Waals surface area (Å²) in [5.41, 5.74) is 3.08. The zero-order valence-electron chi connectivity index (χ0n) is 11.1. The lowest BCUT2D eigenvalue weighted by atomic mass is 9.97. The number of aromatic amines is 1. The number of nitrogens with one attached hydrogen (secondary N) is 1. The van der Waals surface area contributed by atoms with Crippen molar-refractivity contribution in [3.05, 3.63) is 39.4 Å². The molecule has 1 aliphatic carbocycles. The van der Waals surface area contributed by atoms with Crippen molar-refractivity contribution >= 4 is 34.9 Å². The Morgan fingerprint density at radius 2 is 2.20 bits per heavy atom. The summed E-state index contributed by atoms with van der Waals surface area (Å²) in [7, 11) is 0. The molecular weight excluding hydrogens is 295 g/mol. The lowest BCUT2D eigenvalue weighted by Crippen LogP contribution is -2.01. The number of aryl methyl sites for hydroxylation is 1. The van der Waals surface area contributed by atoms with Crippen LogP contribution in [0, 0.1) is 10.6 Å². The molecule has 0 fully saturated rings. The normalized spacial score (nSPS) is 15.6. The highest BCUT2D eigenvalue weighted by Gasteiger charge is 2.10. The van der Waals surface area contributed by atoms with Gasteiger partial charge in [-0.2, -0.15) is 0 Å². The van der Waals surface area contributed by atoms with Crippen LogP contribution in [0.25, 0.3) is 11.0 Å². The Morgan fingerprint density at radius 3 is 2.95 bits per heavy atom. The standard InChI is InChI=1S/C15H16ClFN2S/c16-11-8-14-13(9-12(11)17)18-15(20)19(14)7-6-10-4-2-1-3-5-10/h4,8-9H,1-3,5-7H2,(H,18,20). The molecule has 0 saturated heterocycles. The van der Waals surface area contributed by atoms with Crippen molar-refractivity contribution in [2.75, 3.05) is 0 Å². The van der Waals surface area contributed by atoms with Crippen molar-refractivity contribution in [1.29, 1.82) is 0 Å². The number of hydrogen-bond acceptors (Lipinski definition) is 1. The quantitative estimate of drug-likeness (QED) is 0.596. The number of fused-ring (bicyclic) bond motifs is 1. The highest BCUT2D eigenvalue weighted by atomic mass is 35.5. The average Bonchev–Trinajstić information content (AvgIpc) is 2.73. The van der Waals surface area contributed by atoms with E-state index < -0.39 is 5.82 Å². The average molecular weight is 311 g/mol. The molecule has 0 spiro atoms. The second kappa shape index (κ2) is 5.70. The molecule has 0 radical (unpaired) electrons. The Morgan fingerprint density at radius 1 is 1.35 bits per heavy atom. The van der Waals surface area contributed by atoms with Gasteiger partial charge < -0.3 is 9.55 Å². The van der Waals surface area contributed by atoms with Gasteiger partial charge >= 0.3 is 0 Å². The summed E-state index contributed by atoms with van der Waals surface area (Å²) in [5, 5.41) is 0.136. The van der Waals surface area contributed by atoms with Crippen LogP contribution in [0.5, 0.6) is 0 Å². The van der Waals surface area contributed by atoms with Gasteiger partial charge in [-0.3, -0.25) is 0 Å². The maximum Gasteiger partial charge on any atom is 0.178 e. The molecule has 1 heterocycles. The first-order valence-corrected chi connectivity index (χ1v) is 7.69. The van der Waals surface area contributed by atoms with Crippen molar-refractivity contribution in [3.63, 3.8) is 0 Å². The van der Waals surface area contributed by atoms with E-state index in [-0.39, 0.29) is 5.02 Å². The van der Waals surface area contributed by atoms with E-state index in [9.17, 15) is 4.39 Å². The van der Waals surface area contributed by atoms with E-state index in [2.05, 4.69) is 11.1 Å². The van der Waals surface area contributed by atoms with Crippen molar-refractivity contribution in [1.82, 2.24) is 9.55 Å². The van der Waals surface area contributed by atoms with Crippen LogP contribution in [0.15, 0.2) is 23.8 Å². The molecule has 0 saturated carbocycles. The number of hydrogen-bond donors (Lipinski definition) is 1. The van der Waals surface area contributed by atoms with Gasteiger partial charge in [0, 0.05) is 12.6 Å². The molecule has 1 aromatic heterocycles. The maximum absolute atomic E-state index is 13.5. The highest BCUT2D eigenvalue weighted by Crippen LogP contribution is 2.25. The fourth-order valence-electron chi connectivity index (χ4n) is 2.76. The van der Waals surface area contributed by atoms with E-state index in [0.717, 1.165) is 18.5 Å². The largest absolute Gasteiger partial charge is 0.330 e. The number of H-pyrrole nitrogens is 1. The number of nitrogens with zero attached hydrogens (tertiary/aromatic N) is 1. The number of allylic oxidation sites excluding steroid dienone is 2. The lowest BCUT2D eigenvalue weighted by molar-refractivity contribution is 0.626. The van der Waals surface area contributed by atoms with Crippen LogP contribution in [0.2, 0.25) is 5.02 Å². The molecule has 1 N–H and O–H groups in total. The van der Waals surface area contributed by atoms with Gasteiger partial charge in [0.05, 0.1) is 16.1 Å². The van der Waals surface area contributed by atoms with Gasteiger partial charge in [0.15, 0.2) is 4.77 Å². The maximum atomic E-state index is 13.5. The van der Waals surface area contributed by atoms with Gasteiger partial charge in [-0.05, 0) is 50.4 Å². The number of halogens is 2. The fourth-order valence-corrected chi connectivity index (χ4v) is 3.22. The zero-order chi connectivity index (χ0) is 14.1. The Hall–Kier alpha value is -1.13. The first-order valence-electron chi connectivity index (χ1n) is 6.90. The van der Waals surface area contributed by atoms with E-state index in [1.54, 1.807) is 6.07 Å². The van der Waals surface area contributed by atoms with Gasteiger partial charge in [-0.15, -0.1) is 0 Å². The second-order valence-electron chi connectivity index (χ2n) is 5.22. The molecule has 0 bridgehead atoms. The van der Waals surface area contributed by atoms with Crippen molar-refractivity contribution in [2.24, 2.45) is 0 Å². The third-order valence-electron chi connectivity index (χ3n) is 3.86. The molecule has 1 aromatic carbocycles. The monoisotopic (exact) mass is 310 g/mol. The summed E-state index contributed by atoms with van der Waals surface area (Å²) >= 11 is 11.2. The number of rotatable bonds is 3. The molecule has 2 nitrogen and oxygen atoms in total. The molecule has 2 aromatic rings. The summed E-state index contributed by atoms with van der Waals surface area (Å²) < 4.78 is 16.1. The van der Waals surface area contributed by atoms with Crippen LogP contribution >= 0.6 is 23.8 Å². The second-order valence-corrected chi connectivity index (χ2v) is 6.02. The van der Waals surface area contributed by atoms with E-state index >= 15 is 0 Å². The number of aromatic nitrogens is 2. The minimum atomic E-state index is -0.419. The van der Waals surface area contributed by atoms with Crippen molar-refractivity contribution in [3.8, 4) is 0 Å². The van der Waals surface area contributed by atoms with Crippen molar-refractivity contribution < 1.29 is 4.39 Å². The van der Waals surface area contributed by atoms with Crippen LogP contribution in [0.1, 0.15) is 32.1 Å². The summed E-state index contributed by atoms with van der Waals surface area (Å²) in [6.07, 6.45) is 8.29. The number of imidazole rings is 1. The molecule has 20 heavy (non-hydrogen) atoms. The Kier molecular flexibility index (Phi) is 3.94. The third kappa shape index (κ3) is 2.67. The molecular formula is C15H16ClFN2S. The van der Waals surface area contributed by atoms with Crippen molar-refractivity contribution in [2.45, 2.75) is 38.6 Å². The van der Waals surface area contributed by atoms with E-state index in [0.29, 0.717) is 10.3 Å². The Balaban J connectivity index is 1.90. The van der Waals surface area contributed by atoms with Crippen LogP contribution in [-0.4, -0.2) is 9.55 Å². The Bertz CT molecular complexity index is 729. The SMILES string of the molecule is Fc1cc2[nH]c(=S)n(CCC3=CCCCC3)c2cc1Cl. The molecule has 5 heteroatoms. The third-order valence-corrected chi connectivity index (χ3v) is 4.47. The van der Waals surface area contributed by atoms with Crippen LogP contribution in [0.4, 0.5) is 4.39 Å². The van der Waals surface area contributed by atoms with Gasteiger partial charge in [-0.25, -0.2) is 4.39 Å². The van der Waals surface area contributed by atoms with E-state index in [1.807, 2.05) is 4.57 Å². The molecule has 3 rings (SSSR count). The van der Waals surface area contributed by atoms with E-state index in [1.165, 1.54) is 37.3 Å². The Labute approximate surface area is 127 Å². The van der Waals surface area contributed by atoms with Gasteiger partial charge in [0.25, 0.3) is 0 Å². The topological polar surface area (TPSA) is 20.7 Å². The first kappa shape index (κ1) is 13.8. The van der Waals surface area contributed by atoms with Crippen LogP contribution in [0.3, 0.4) is 0 Å². The summed E-state index contributed by atoms with van der Waals surface area (Å²) in [4.78, 5) is 3.04. The molecule has 106 valence electrons. The van der Waals surface area contributed by atoms with Gasteiger partial charge in [-0.1, -0.05) is 23.3 Å². The summed E-state index contributed by atoms with van der Waals surface area (Å²) in [6, 6.07) is 3.05. The molecule has 1 aliphatic rings. The lowest BCUT2D eigenvalue weighted by Gasteiger charge is -2.13. The predicted molar refractivity (Wildman–Crippen MR) is 83.3 cm³/mol. The zero-order valence-corrected chi connectivity index (χ0v) is 12.7. The fraction of sp³-hybridized carbons (Fsp3) is 0.400. The van der Waals surface area contributed by atoms with Crippen LogP contribution in [-0.2, 0) is 6.54 Å². The summed E-state index contributed by atoms with van der Waals surface area (Å²) in [5.74, 6) is -0.419. The summed E-state index contributed by atoms with van der Waals surface area (Å²) in [6.45, 7) is 0.812. The molecule has 0 aliphatic heterocycles. The predicted octanol–water partition coefficient (Wildman–Crippen LogP) is 5.38. The van der Waals surface area contributed by atoms with Gasteiger partial charge in [0.2, 0.25) is 0 Å². The minimum Gasteiger partial charge on any atom is -0.330 e. The van der Waals surface area contributed by atoms with Crippen LogP contribution < -0.4 is 0 Å². The highest BCUT2D eigenvalue weighted by molar-refractivity contribution is 7.71. The molecule has 0 unspecified atom stereocenters. The first-order chi connectivity index (χ1) is 9.65. The smallest absolute Gasteiger partial charge is 0.178 e. The van der Waals surface area contributed by atoms with E-state index in [4.69, 9.17) is 23.8 Å².